The Hall–Kier alpha value is -3.01. The summed E-state index contributed by atoms with van der Waals surface area (Å²) in [6, 6.07) is -3.35. The highest BCUT2D eigenvalue weighted by Crippen LogP contribution is 2.08. The molecule has 6 amide bonds. The monoisotopic (exact) mass is 518 g/mol. The smallest absolute Gasteiger partial charge is 0.316 e. The maximum Gasteiger partial charge on any atom is 0.316 e. The lowest BCUT2D eigenvalue weighted by Crippen LogP contribution is -2.64. The first-order chi connectivity index (χ1) is 16.9. The van der Waals surface area contributed by atoms with Crippen LogP contribution in [0.25, 0.3) is 0 Å². The summed E-state index contributed by atoms with van der Waals surface area (Å²) in [7, 11) is 0. The third kappa shape index (κ3) is 9.93. The number of amides is 6. The van der Waals surface area contributed by atoms with Crippen molar-refractivity contribution in [2.45, 2.75) is 57.8 Å². The summed E-state index contributed by atoms with van der Waals surface area (Å²) in [5, 5.41) is 29.3. The van der Waals surface area contributed by atoms with Crippen molar-refractivity contribution in [2.75, 3.05) is 39.6 Å². The van der Waals surface area contributed by atoms with Gasteiger partial charge >= 0.3 is 6.03 Å². The summed E-state index contributed by atoms with van der Waals surface area (Å²) in [5.41, 5.74) is 2.53. The highest BCUT2D eigenvalue weighted by molar-refractivity contribution is 5.94. The van der Waals surface area contributed by atoms with Crippen molar-refractivity contribution in [2.24, 2.45) is 5.92 Å². The molecule has 1 fully saturated rings. The van der Waals surface area contributed by atoms with Gasteiger partial charge in [0.1, 0.15) is 24.2 Å². The second-order valence-electron chi connectivity index (χ2n) is 8.64. The highest BCUT2D eigenvalue weighted by atomic mass is 16.5. The Morgan fingerprint density at radius 3 is 2.22 bits per heavy atom. The van der Waals surface area contributed by atoms with Crippen LogP contribution in [-0.2, 0) is 28.7 Å². The second-order valence-corrected chi connectivity index (χ2v) is 8.64. The summed E-state index contributed by atoms with van der Waals surface area (Å²) in [4.78, 5) is 62.5. The molecule has 15 heteroatoms. The predicted molar refractivity (Wildman–Crippen MR) is 125 cm³/mol. The van der Waals surface area contributed by atoms with E-state index in [9.17, 15) is 34.2 Å². The first-order valence-electron chi connectivity index (χ1n) is 11.7. The van der Waals surface area contributed by atoms with E-state index in [2.05, 4.69) is 32.1 Å². The first-order valence-corrected chi connectivity index (χ1v) is 11.7. The van der Waals surface area contributed by atoms with Crippen molar-refractivity contribution in [1.82, 2.24) is 32.1 Å². The van der Waals surface area contributed by atoms with E-state index < -0.39 is 72.5 Å². The molecule has 1 saturated heterocycles. The molecule has 0 spiro atoms. The average Bonchev–Trinajstić information content (AvgIpc) is 2.84. The number of hydrogen-bond acceptors (Lipinski definition) is 9. The maximum atomic E-state index is 12.8. The molecule has 1 aliphatic rings. The Labute approximate surface area is 209 Å². The van der Waals surface area contributed by atoms with Gasteiger partial charge < -0.3 is 41.0 Å². The molecule has 3 unspecified atom stereocenters. The van der Waals surface area contributed by atoms with Gasteiger partial charge in [-0.3, -0.25) is 30.0 Å². The lowest BCUT2D eigenvalue weighted by Gasteiger charge is -2.29. The molecule has 0 aliphatic carbocycles. The Morgan fingerprint density at radius 1 is 0.972 bits per heavy atom. The lowest BCUT2D eigenvalue weighted by atomic mass is 9.98. The number of aliphatic hydroxyl groups excluding tert-OH is 2. The maximum absolute atomic E-state index is 12.8. The van der Waals surface area contributed by atoms with E-state index in [-0.39, 0.29) is 26.4 Å². The van der Waals surface area contributed by atoms with Gasteiger partial charge in [-0.25, -0.2) is 4.79 Å². The molecule has 0 bridgehead atoms. The van der Waals surface area contributed by atoms with Crippen molar-refractivity contribution in [3.63, 3.8) is 0 Å². The number of hydrazine groups is 1. The second kappa shape index (κ2) is 15.2. The molecule has 0 radical (unpaired) electrons. The summed E-state index contributed by atoms with van der Waals surface area (Å²) in [5.74, 6) is -3.46. The van der Waals surface area contributed by atoms with E-state index in [4.69, 9.17) is 9.47 Å². The van der Waals surface area contributed by atoms with Crippen LogP contribution in [0.4, 0.5) is 4.79 Å². The van der Waals surface area contributed by atoms with Gasteiger partial charge in [-0.05, 0) is 19.8 Å². The number of carbonyl (C=O) groups is 5. The minimum Gasteiger partial charge on any atom is -0.393 e. The fourth-order valence-electron chi connectivity index (χ4n) is 3.02. The van der Waals surface area contributed by atoms with E-state index in [0.717, 1.165) is 0 Å². The third-order valence-electron chi connectivity index (χ3n) is 5.52. The van der Waals surface area contributed by atoms with Crippen LogP contribution in [-0.4, -0.2) is 103 Å². The van der Waals surface area contributed by atoms with Gasteiger partial charge in [-0.15, -0.1) is 0 Å². The Kier molecular flexibility index (Phi) is 13.1. The van der Waals surface area contributed by atoms with Crippen molar-refractivity contribution in [1.29, 1.82) is 0 Å². The number of hydrogen-bond donors (Lipinski definition) is 8. The molecule has 8 N–H and O–H groups in total. The lowest BCUT2D eigenvalue weighted by molar-refractivity contribution is -0.139. The zero-order valence-electron chi connectivity index (χ0n) is 21.0. The number of carbonyl (C=O) groups excluding carboxylic acids is 5. The molecule has 0 aromatic carbocycles. The molecular weight excluding hydrogens is 480 g/mol. The van der Waals surface area contributed by atoms with Gasteiger partial charge in [0, 0.05) is 6.54 Å². The highest BCUT2D eigenvalue weighted by Gasteiger charge is 2.36. The molecule has 1 heterocycles. The van der Waals surface area contributed by atoms with Crippen LogP contribution in [0, 0.1) is 5.92 Å². The quantitative estimate of drug-likeness (QED) is 0.186. The Bertz CT molecular complexity index is 781. The molecule has 36 heavy (non-hydrogen) atoms. The van der Waals surface area contributed by atoms with Crippen LogP contribution in [0.5, 0.6) is 0 Å². The molecular formula is C21H38N6O9. The number of urea groups is 1. The van der Waals surface area contributed by atoms with E-state index in [1.54, 1.807) is 13.8 Å². The SMILES string of the molecule is CCC(C)[C@@H]1NC(=O)N[C@@H](C(C)O)C(=O)NCCOCCOCC(=O)NC(C)(CO)C(=O)NNC1=O. The van der Waals surface area contributed by atoms with Crippen LogP contribution in [0.2, 0.25) is 0 Å². The number of rotatable bonds is 4. The molecule has 15 nitrogen and oxygen atoms in total. The zero-order valence-corrected chi connectivity index (χ0v) is 21.0. The van der Waals surface area contributed by atoms with Crippen molar-refractivity contribution >= 4 is 29.7 Å². The van der Waals surface area contributed by atoms with E-state index in [1.165, 1.54) is 13.8 Å². The van der Waals surface area contributed by atoms with Gasteiger partial charge in [0.15, 0.2) is 0 Å². The summed E-state index contributed by atoms with van der Waals surface area (Å²) >= 11 is 0. The standard InChI is InChI=1S/C21H38N6O9/c1-5-12(2)15-18(32)26-27-19(33)21(4,11-28)25-14(30)10-36-9-8-35-7-6-22-17(31)16(13(3)29)24-20(34)23-15/h12-13,15-16,28-29H,5-11H2,1-4H3,(H,22,31)(H,25,30)(H,26,32)(H,27,33)(H2,23,24,34)/t12?,13?,15-,16-,21?/m0/s1. The van der Waals surface area contributed by atoms with Gasteiger partial charge in [0.05, 0.1) is 32.5 Å². The number of nitrogens with one attached hydrogen (secondary N) is 6. The van der Waals surface area contributed by atoms with Crippen LogP contribution < -0.4 is 32.1 Å². The zero-order chi connectivity index (χ0) is 27.3. The van der Waals surface area contributed by atoms with E-state index >= 15 is 0 Å². The Morgan fingerprint density at radius 2 is 1.61 bits per heavy atom. The average molecular weight is 519 g/mol. The van der Waals surface area contributed by atoms with Gasteiger partial charge in [0.2, 0.25) is 11.8 Å². The molecule has 1 aliphatic heterocycles. The molecule has 0 saturated carbocycles. The van der Waals surface area contributed by atoms with Crippen LogP contribution in [0.1, 0.15) is 34.1 Å². The molecule has 5 atom stereocenters. The van der Waals surface area contributed by atoms with Gasteiger partial charge in [-0.2, -0.15) is 0 Å². The van der Waals surface area contributed by atoms with E-state index in [0.29, 0.717) is 6.42 Å². The van der Waals surface area contributed by atoms with E-state index in [1.807, 2.05) is 0 Å². The van der Waals surface area contributed by atoms with Crippen molar-refractivity contribution < 1.29 is 43.7 Å². The number of aliphatic hydroxyl groups is 2. The van der Waals surface area contributed by atoms with Crippen molar-refractivity contribution in [3.05, 3.63) is 0 Å². The predicted octanol–water partition coefficient (Wildman–Crippen LogP) is -3.37. The molecule has 206 valence electrons. The van der Waals surface area contributed by atoms with Gasteiger partial charge in [0.25, 0.3) is 11.8 Å². The fraction of sp³-hybridized carbons (Fsp3) is 0.762. The van der Waals surface area contributed by atoms with Gasteiger partial charge in [-0.1, -0.05) is 20.3 Å². The fourth-order valence-corrected chi connectivity index (χ4v) is 3.02. The first kappa shape index (κ1) is 31.0. The minimum absolute atomic E-state index is 0.0362. The summed E-state index contributed by atoms with van der Waals surface area (Å²) in [6.07, 6.45) is -0.778. The minimum atomic E-state index is -1.78. The van der Waals surface area contributed by atoms with Crippen LogP contribution in [0.3, 0.4) is 0 Å². The molecule has 0 aromatic heterocycles. The third-order valence-corrected chi connectivity index (χ3v) is 5.52. The summed E-state index contributed by atoms with van der Waals surface area (Å²) in [6.45, 7) is 5.16. The molecule has 1 rings (SSSR count). The number of ether oxygens (including phenoxy) is 2. The summed E-state index contributed by atoms with van der Waals surface area (Å²) < 4.78 is 10.5. The van der Waals surface area contributed by atoms with Crippen molar-refractivity contribution in [3.8, 4) is 0 Å². The van der Waals surface area contributed by atoms with Crippen LogP contribution in [0.15, 0.2) is 0 Å². The Balaban J connectivity index is 3.08. The van der Waals surface area contributed by atoms with Crippen LogP contribution >= 0.6 is 0 Å². The molecule has 0 aromatic rings. The normalized spacial score (nSPS) is 28.1. The largest absolute Gasteiger partial charge is 0.393 e. The topological polar surface area (TPSA) is 216 Å².